The molecule has 32 heavy (non-hydrogen) atoms. The van der Waals surface area contributed by atoms with Crippen LogP contribution in [0, 0.1) is 0 Å². The minimum atomic E-state index is -4.88. The molecular formula is C18H14Cl4F3NO5S. The number of hydrogen-bond acceptors (Lipinski definition) is 5. The van der Waals surface area contributed by atoms with Crippen LogP contribution in [0.4, 0.5) is 13.2 Å². The third-order valence-electron chi connectivity index (χ3n) is 3.47. The summed E-state index contributed by atoms with van der Waals surface area (Å²) < 4.78 is 77.8. The van der Waals surface area contributed by atoms with E-state index < -0.39 is 22.1 Å². The van der Waals surface area contributed by atoms with Crippen molar-refractivity contribution in [3.63, 3.8) is 0 Å². The van der Waals surface area contributed by atoms with Crippen molar-refractivity contribution in [1.82, 2.24) is 4.72 Å². The number of sulfonamides is 1. The molecule has 0 saturated carbocycles. The van der Waals surface area contributed by atoms with Crippen LogP contribution in [-0.4, -0.2) is 34.5 Å². The summed E-state index contributed by atoms with van der Waals surface area (Å²) in [4.78, 5) is -0.254. The molecule has 0 saturated heterocycles. The highest BCUT2D eigenvalue weighted by Gasteiger charge is 2.31. The summed E-state index contributed by atoms with van der Waals surface area (Å²) >= 11 is 23.2. The summed E-state index contributed by atoms with van der Waals surface area (Å²) in [7, 11) is -4.00. The van der Waals surface area contributed by atoms with E-state index in [-0.39, 0.29) is 44.9 Å². The summed E-state index contributed by atoms with van der Waals surface area (Å²) in [5.41, 5.74) is 0. The van der Waals surface area contributed by atoms with Crippen molar-refractivity contribution < 1.29 is 35.8 Å². The van der Waals surface area contributed by atoms with Crippen LogP contribution in [0.2, 0.25) is 10.0 Å². The van der Waals surface area contributed by atoms with Crippen LogP contribution >= 0.6 is 46.4 Å². The van der Waals surface area contributed by atoms with Gasteiger partial charge in [-0.15, -0.1) is 13.2 Å². The Labute approximate surface area is 201 Å². The zero-order chi connectivity index (χ0) is 23.9. The van der Waals surface area contributed by atoms with Gasteiger partial charge in [-0.2, -0.15) is 0 Å². The van der Waals surface area contributed by atoms with Gasteiger partial charge < -0.3 is 14.2 Å². The minimum Gasteiger partial charge on any atom is -0.489 e. The molecule has 0 amide bonds. The van der Waals surface area contributed by atoms with Crippen LogP contribution in [0.1, 0.15) is 0 Å². The lowest BCUT2D eigenvalue weighted by Crippen LogP contribution is -2.28. The van der Waals surface area contributed by atoms with Crippen LogP contribution in [0.5, 0.6) is 17.2 Å². The summed E-state index contributed by atoms with van der Waals surface area (Å²) in [6.45, 7) is -0.230. The maximum absolute atomic E-state index is 12.2. The van der Waals surface area contributed by atoms with Gasteiger partial charge in [-0.05, 0) is 30.3 Å². The van der Waals surface area contributed by atoms with Gasteiger partial charge in [0.2, 0.25) is 10.0 Å². The Morgan fingerprint density at radius 2 is 1.59 bits per heavy atom. The standard InChI is InChI=1S/C18H14Cl4F3NO5S/c19-14-9-12(29-7-5-16(21)22)10-15(20)17(14)30-8-6-26-32(27,28)13-3-1-11(2-4-13)31-18(23,24)25/h1-5,9-10,26H,6-8H2. The van der Waals surface area contributed by atoms with Gasteiger partial charge in [0.05, 0.1) is 14.9 Å². The Kier molecular flexibility index (Phi) is 9.62. The monoisotopic (exact) mass is 553 g/mol. The molecular weight excluding hydrogens is 541 g/mol. The van der Waals surface area contributed by atoms with Gasteiger partial charge in [0.25, 0.3) is 0 Å². The quantitative estimate of drug-likeness (QED) is 0.367. The molecule has 0 aliphatic rings. The van der Waals surface area contributed by atoms with Crippen molar-refractivity contribution in [3.05, 3.63) is 57.0 Å². The fourth-order valence-corrected chi connectivity index (χ4v) is 3.91. The van der Waals surface area contributed by atoms with Crippen LogP contribution in [-0.2, 0) is 10.0 Å². The van der Waals surface area contributed by atoms with E-state index in [0.29, 0.717) is 5.75 Å². The third-order valence-corrected chi connectivity index (χ3v) is 5.81. The molecule has 0 aromatic heterocycles. The maximum atomic E-state index is 12.2. The van der Waals surface area contributed by atoms with Crippen molar-refractivity contribution >= 4 is 56.4 Å². The molecule has 2 aromatic carbocycles. The van der Waals surface area contributed by atoms with E-state index in [9.17, 15) is 21.6 Å². The Balaban J connectivity index is 1.91. The molecule has 0 unspecified atom stereocenters. The van der Waals surface area contributed by atoms with Gasteiger partial charge in [0.1, 0.15) is 29.2 Å². The molecule has 0 heterocycles. The van der Waals surface area contributed by atoms with E-state index in [1.54, 1.807) is 0 Å². The Bertz CT molecular complexity index is 1040. The molecule has 6 nitrogen and oxygen atoms in total. The number of benzene rings is 2. The summed E-state index contributed by atoms with van der Waals surface area (Å²) in [6.07, 6.45) is -3.46. The molecule has 0 fully saturated rings. The van der Waals surface area contributed by atoms with Crippen molar-refractivity contribution in [2.45, 2.75) is 11.3 Å². The highest BCUT2D eigenvalue weighted by atomic mass is 35.5. The van der Waals surface area contributed by atoms with Crippen LogP contribution < -0.4 is 18.9 Å². The maximum Gasteiger partial charge on any atom is 0.573 e. The molecule has 0 radical (unpaired) electrons. The topological polar surface area (TPSA) is 73.9 Å². The van der Waals surface area contributed by atoms with E-state index in [4.69, 9.17) is 55.9 Å². The van der Waals surface area contributed by atoms with E-state index in [2.05, 4.69) is 9.46 Å². The molecule has 14 heteroatoms. The molecule has 0 aliphatic heterocycles. The molecule has 2 rings (SSSR count). The van der Waals surface area contributed by atoms with Crippen molar-refractivity contribution in [2.75, 3.05) is 19.8 Å². The van der Waals surface area contributed by atoms with Gasteiger partial charge >= 0.3 is 6.36 Å². The fraction of sp³-hybridized carbons (Fsp3) is 0.222. The first kappa shape index (κ1) is 26.7. The van der Waals surface area contributed by atoms with E-state index in [1.165, 1.54) is 18.2 Å². The number of ether oxygens (including phenoxy) is 3. The lowest BCUT2D eigenvalue weighted by Gasteiger charge is -2.13. The predicted octanol–water partition coefficient (Wildman–Crippen LogP) is 5.95. The normalized spacial score (nSPS) is 11.7. The third kappa shape index (κ3) is 8.76. The Morgan fingerprint density at radius 1 is 1.00 bits per heavy atom. The SMILES string of the molecule is O=S(=O)(NCCOc1c(Cl)cc(OCC=C(Cl)Cl)cc1Cl)c1ccc(OC(F)(F)F)cc1. The second-order valence-electron chi connectivity index (χ2n) is 5.79. The predicted molar refractivity (Wildman–Crippen MR) is 116 cm³/mol. The first-order valence-electron chi connectivity index (χ1n) is 8.48. The van der Waals surface area contributed by atoms with Crippen molar-refractivity contribution in [2.24, 2.45) is 0 Å². The average Bonchev–Trinajstić information content (AvgIpc) is 2.65. The highest BCUT2D eigenvalue weighted by molar-refractivity contribution is 7.89. The van der Waals surface area contributed by atoms with Gasteiger partial charge in [0, 0.05) is 18.7 Å². The van der Waals surface area contributed by atoms with Crippen molar-refractivity contribution in [1.29, 1.82) is 0 Å². The first-order chi connectivity index (χ1) is 14.9. The van der Waals surface area contributed by atoms with Crippen LogP contribution in [0.25, 0.3) is 0 Å². The fourth-order valence-electron chi connectivity index (χ4n) is 2.19. The molecule has 0 spiro atoms. The average molecular weight is 555 g/mol. The number of nitrogens with one attached hydrogen (secondary N) is 1. The highest BCUT2D eigenvalue weighted by Crippen LogP contribution is 2.37. The summed E-state index contributed by atoms with van der Waals surface area (Å²) in [6, 6.07) is 6.60. The largest absolute Gasteiger partial charge is 0.573 e. The molecule has 2 aromatic rings. The Hall–Kier alpha value is -1.56. The zero-order valence-electron chi connectivity index (χ0n) is 15.8. The molecule has 1 N–H and O–H groups in total. The number of hydrogen-bond donors (Lipinski definition) is 1. The Morgan fingerprint density at radius 3 is 2.12 bits per heavy atom. The second kappa shape index (κ2) is 11.5. The lowest BCUT2D eigenvalue weighted by molar-refractivity contribution is -0.274. The summed E-state index contributed by atoms with van der Waals surface area (Å²) in [5.74, 6) is -0.102. The number of halogens is 7. The molecule has 0 atom stereocenters. The molecule has 176 valence electrons. The lowest BCUT2D eigenvalue weighted by atomic mass is 10.3. The van der Waals surface area contributed by atoms with Crippen LogP contribution in [0.15, 0.2) is 51.9 Å². The second-order valence-corrected chi connectivity index (χ2v) is 9.38. The van der Waals surface area contributed by atoms with E-state index in [0.717, 1.165) is 24.3 Å². The smallest absolute Gasteiger partial charge is 0.489 e. The van der Waals surface area contributed by atoms with Crippen molar-refractivity contribution in [3.8, 4) is 17.2 Å². The number of alkyl halides is 3. The van der Waals surface area contributed by atoms with E-state index in [1.807, 2.05) is 0 Å². The van der Waals surface area contributed by atoms with Gasteiger partial charge in [-0.3, -0.25) is 0 Å². The first-order valence-corrected chi connectivity index (χ1v) is 11.5. The van der Waals surface area contributed by atoms with Gasteiger partial charge in [-0.1, -0.05) is 46.4 Å². The van der Waals surface area contributed by atoms with Crippen LogP contribution in [0.3, 0.4) is 0 Å². The van der Waals surface area contributed by atoms with E-state index >= 15 is 0 Å². The number of rotatable bonds is 10. The molecule has 0 aliphatic carbocycles. The summed E-state index contributed by atoms with van der Waals surface area (Å²) in [5, 5.41) is 0.244. The minimum absolute atomic E-state index is 0.0372. The molecule has 0 bridgehead atoms. The zero-order valence-corrected chi connectivity index (χ0v) is 19.6. The van der Waals surface area contributed by atoms with Gasteiger partial charge in [0.15, 0.2) is 5.75 Å². The van der Waals surface area contributed by atoms with Gasteiger partial charge in [-0.25, -0.2) is 13.1 Å².